The molecule has 0 saturated carbocycles. The molecule has 116 valence electrons. The lowest BCUT2D eigenvalue weighted by atomic mass is 10.2. The van der Waals surface area contributed by atoms with Crippen LogP contribution in [0.25, 0.3) is 0 Å². The van der Waals surface area contributed by atoms with Gasteiger partial charge in [0.05, 0.1) is 17.3 Å². The Morgan fingerprint density at radius 3 is 2.86 bits per heavy atom. The molecule has 6 heteroatoms. The zero-order valence-electron chi connectivity index (χ0n) is 12.5. The van der Waals surface area contributed by atoms with Crippen LogP contribution < -0.4 is 5.32 Å². The van der Waals surface area contributed by atoms with E-state index < -0.39 is 0 Å². The number of hydrogen-bond acceptors (Lipinski definition) is 4. The van der Waals surface area contributed by atoms with Gasteiger partial charge in [0, 0.05) is 23.8 Å². The molecule has 0 unspecified atom stereocenters. The van der Waals surface area contributed by atoms with Gasteiger partial charge in [0.2, 0.25) is 5.91 Å². The Morgan fingerprint density at radius 1 is 1.36 bits per heavy atom. The van der Waals surface area contributed by atoms with Crippen LogP contribution >= 0.6 is 23.4 Å². The third-order valence-corrected chi connectivity index (χ3v) is 4.23. The summed E-state index contributed by atoms with van der Waals surface area (Å²) in [4.78, 5) is 19.1. The first kappa shape index (κ1) is 16.8. The van der Waals surface area contributed by atoms with Gasteiger partial charge in [-0.05, 0) is 37.1 Å². The SMILES string of the molecule is CSc1ccccc1NC(=O)CN(C)Cc1ccncc1Cl. The summed E-state index contributed by atoms with van der Waals surface area (Å²) < 4.78 is 0. The number of nitrogens with zero attached hydrogens (tertiary/aromatic N) is 2. The number of carbonyl (C=O) groups is 1. The highest BCUT2D eigenvalue weighted by Gasteiger charge is 2.10. The molecule has 0 atom stereocenters. The van der Waals surface area contributed by atoms with Gasteiger partial charge in [-0.25, -0.2) is 0 Å². The van der Waals surface area contributed by atoms with E-state index in [2.05, 4.69) is 10.3 Å². The lowest BCUT2D eigenvalue weighted by molar-refractivity contribution is -0.117. The Balaban J connectivity index is 1.93. The van der Waals surface area contributed by atoms with E-state index in [1.807, 2.05) is 48.5 Å². The maximum Gasteiger partial charge on any atom is 0.238 e. The van der Waals surface area contributed by atoms with Crippen molar-refractivity contribution in [3.63, 3.8) is 0 Å². The molecule has 0 bridgehead atoms. The third kappa shape index (κ3) is 4.73. The number of carbonyl (C=O) groups excluding carboxylic acids is 1. The smallest absolute Gasteiger partial charge is 0.238 e. The highest BCUT2D eigenvalue weighted by molar-refractivity contribution is 7.98. The normalized spacial score (nSPS) is 10.7. The average molecular weight is 336 g/mol. The van der Waals surface area contributed by atoms with Crippen LogP contribution in [0.4, 0.5) is 5.69 Å². The molecule has 1 heterocycles. The van der Waals surface area contributed by atoms with Crippen LogP contribution in [0.5, 0.6) is 0 Å². The molecule has 22 heavy (non-hydrogen) atoms. The zero-order valence-corrected chi connectivity index (χ0v) is 14.1. The largest absolute Gasteiger partial charge is 0.324 e. The van der Waals surface area contributed by atoms with Crippen molar-refractivity contribution in [3.05, 3.63) is 53.3 Å². The number of halogens is 1. The van der Waals surface area contributed by atoms with E-state index in [1.165, 1.54) is 0 Å². The number of hydrogen-bond donors (Lipinski definition) is 1. The van der Waals surface area contributed by atoms with Gasteiger partial charge in [-0.15, -0.1) is 11.8 Å². The number of para-hydroxylation sites is 1. The number of aromatic nitrogens is 1. The first-order chi connectivity index (χ1) is 10.6. The molecule has 1 N–H and O–H groups in total. The van der Waals surface area contributed by atoms with E-state index in [4.69, 9.17) is 11.6 Å². The maximum atomic E-state index is 12.2. The summed E-state index contributed by atoms with van der Waals surface area (Å²) >= 11 is 7.69. The summed E-state index contributed by atoms with van der Waals surface area (Å²) in [5.74, 6) is -0.0471. The van der Waals surface area contributed by atoms with Crippen molar-refractivity contribution >= 4 is 35.0 Å². The first-order valence-electron chi connectivity index (χ1n) is 6.80. The summed E-state index contributed by atoms with van der Waals surface area (Å²) in [6, 6.07) is 9.62. The van der Waals surface area contributed by atoms with Crippen LogP contribution in [0.2, 0.25) is 5.02 Å². The minimum absolute atomic E-state index is 0.0471. The van der Waals surface area contributed by atoms with Crippen LogP contribution in [0.3, 0.4) is 0 Å². The van der Waals surface area contributed by atoms with Crippen LogP contribution in [-0.2, 0) is 11.3 Å². The number of rotatable bonds is 6. The quantitative estimate of drug-likeness (QED) is 0.820. The summed E-state index contributed by atoms with van der Waals surface area (Å²) in [5.41, 5.74) is 1.80. The minimum atomic E-state index is -0.0471. The fourth-order valence-electron chi connectivity index (χ4n) is 2.06. The van der Waals surface area contributed by atoms with E-state index in [0.29, 0.717) is 18.1 Å². The lowest BCUT2D eigenvalue weighted by Crippen LogP contribution is -2.30. The summed E-state index contributed by atoms with van der Waals surface area (Å²) in [6.45, 7) is 0.889. The Hall–Kier alpha value is -1.56. The average Bonchev–Trinajstić information content (AvgIpc) is 2.50. The van der Waals surface area contributed by atoms with Crippen molar-refractivity contribution < 1.29 is 4.79 Å². The fraction of sp³-hybridized carbons (Fsp3) is 0.250. The first-order valence-corrected chi connectivity index (χ1v) is 8.40. The van der Waals surface area contributed by atoms with Crippen LogP contribution in [0.1, 0.15) is 5.56 Å². The van der Waals surface area contributed by atoms with Crippen molar-refractivity contribution in [3.8, 4) is 0 Å². The van der Waals surface area contributed by atoms with Gasteiger partial charge >= 0.3 is 0 Å². The van der Waals surface area contributed by atoms with Crippen molar-refractivity contribution in [1.29, 1.82) is 0 Å². The fourth-order valence-corrected chi connectivity index (χ4v) is 2.79. The van der Waals surface area contributed by atoms with Crippen molar-refractivity contribution in [1.82, 2.24) is 9.88 Å². The molecule has 4 nitrogen and oxygen atoms in total. The van der Waals surface area contributed by atoms with Gasteiger partial charge in [0.1, 0.15) is 0 Å². The van der Waals surface area contributed by atoms with E-state index in [-0.39, 0.29) is 5.91 Å². The minimum Gasteiger partial charge on any atom is -0.324 e. The number of benzene rings is 1. The second-order valence-electron chi connectivity index (χ2n) is 4.89. The second-order valence-corrected chi connectivity index (χ2v) is 6.14. The predicted octanol–water partition coefficient (Wildman–Crippen LogP) is 3.53. The molecule has 0 aliphatic carbocycles. The molecular formula is C16H18ClN3OS. The molecule has 0 spiro atoms. The maximum absolute atomic E-state index is 12.2. The molecular weight excluding hydrogens is 318 g/mol. The summed E-state index contributed by atoms with van der Waals surface area (Å²) in [7, 11) is 1.89. The Labute approximate surface area is 139 Å². The monoisotopic (exact) mass is 335 g/mol. The van der Waals surface area contributed by atoms with Crippen LogP contribution in [0, 0.1) is 0 Å². The zero-order chi connectivity index (χ0) is 15.9. The molecule has 2 aromatic rings. The van der Waals surface area contributed by atoms with Crippen molar-refractivity contribution in [2.45, 2.75) is 11.4 Å². The highest BCUT2D eigenvalue weighted by atomic mass is 35.5. The highest BCUT2D eigenvalue weighted by Crippen LogP contribution is 2.24. The van der Waals surface area contributed by atoms with Gasteiger partial charge in [-0.3, -0.25) is 14.7 Å². The van der Waals surface area contributed by atoms with Crippen LogP contribution in [0.15, 0.2) is 47.6 Å². The molecule has 2 rings (SSSR count). The van der Waals surface area contributed by atoms with E-state index in [0.717, 1.165) is 16.1 Å². The summed E-state index contributed by atoms with van der Waals surface area (Å²) in [6.07, 6.45) is 5.30. The number of pyridine rings is 1. The summed E-state index contributed by atoms with van der Waals surface area (Å²) in [5, 5.41) is 3.56. The lowest BCUT2D eigenvalue weighted by Gasteiger charge is -2.17. The number of nitrogens with one attached hydrogen (secondary N) is 1. The number of anilines is 1. The van der Waals surface area contributed by atoms with Crippen molar-refractivity contribution in [2.75, 3.05) is 25.2 Å². The topological polar surface area (TPSA) is 45.2 Å². The molecule has 0 aliphatic heterocycles. The number of likely N-dealkylation sites (N-methyl/N-ethyl adjacent to an activating group) is 1. The van der Waals surface area contributed by atoms with Gasteiger partial charge in [-0.2, -0.15) is 0 Å². The molecule has 0 fully saturated rings. The molecule has 0 radical (unpaired) electrons. The van der Waals surface area contributed by atoms with Gasteiger partial charge in [-0.1, -0.05) is 23.7 Å². The van der Waals surface area contributed by atoms with E-state index >= 15 is 0 Å². The van der Waals surface area contributed by atoms with E-state index in [9.17, 15) is 4.79 Å². The Kier molecular flexibility index (Phi) is 6.24. The second kappa shape index (κ2) is 8.17. The van der Waals surface area contributed by atoms with Gasteiger partial charge in [0.15, 0.2) is 0 Å². The molecule has 0 aliphatic rings. The third-order valence-electron chi connectivity index (χ3n) is 3.09. The Morgan fingerprint density at radius 2 is 2.14 bits per heavy atom. The van der Waals surface area contributed by atoms with Gasteiger partial charge in [0.25, 0.3) is 0 Å². The predicted molar refractivity (Wildman–Crippen MR) is 92.4 cm³/mol. The molecule has 1 aromatic carbocycles. The molecule has 1 amide bonds. The van der Waals surface area contributed by atoms with Gasteiger partial charge < -0.3 is 5.32 Å². The number of amides is 1. The molecule has 1 aromatic heterocycles. The Bertz CT molecular complexity index is 651. The number of thioether (sulfide) groups is 1. The van der Waals surface area contributed by atoms with Crippen LogP contribution in [-0.4, -0.2) is 35.6 Å². The van der Waals surface area contributed by atoms with E-state index in [1.54, 1.807) is 24.2 Å². The van der Waals surface area contributed by atoms with Crippen molar-refractivity contribution in [2.24, 2.45) is 0 Å². The standard InChI is InChI=1S/C16H18ClN3OS/c1-20(10-12-7-8-18-9-13(12)17)11-16(21)19-14-5-3-4-6-15(14)22-2/h3-9H,10-11H2,1-2H3,(H,19,21). The molecule has 0 saturated heterocycles.